The lowest BCUT2D eigenvalue weighted by Gasteiger charge is -2.37. The van der Waals surface area contributed by atoms with E-state index < -0.39 is 54.2 Å². The van der Waals surface area contributed by atoms with Gasteiger partial charge in [0.25, 0.3) is 5.56 Å². The number of rotatable bonds is 8. The Kier molecular flexibility index (Phi) is 7.44. The van der Waals surface area contributed by atoms with Gasteiger partial charge in [-0.15, -0.1) is 0 Å². The van der Waals surface area contributed by atoms with Crippen LogP contribution in [-0.4, -0.2) is 58.6 Å². The summed E-state index contributed by atoms with van der Waals surface area (Å²) in [6, 6.07) is 0. The van der Waals surface area contributed by atoms with Crippen molar-refractivity contribution in [3.8, 4) is 0 Å². The highest BCUT2D eigenvalue weighted by molar-refractivity contribution is 7.54. The number of aryl methyl sites for hydroxylation is 1. The maximum atomic E-state index is 12.7. The minimum Gasteiger partial charge on any atom is -0.388 e. The first-order valence-electron chi connectivity index (χ1n) is 10.1. The standard InChI is InChI=1S/C19H33N2O9P/c1-7-18(3,30-31(27,28)19(4,26)8-2)9-12-13(22)14(23)15(29-12)11-10-20(5)17(25)21(6)16(11)24/h10,12-15,22-23,26H,7-9H2,1-6H3,(H,27,28)/t12-,13-,14-,15+,18?,19?/m1/s1. The summed E-state index contributed by atoms with van der Waals surface area (Å²) in [4.78, 5) is 34.7. The third-order valence-electron chi connectivity index (χ3n) is 6.15. The lowest BCUT2D eigenvalue weighted by Crippen LogP contribution is -2.41. The van der Waals surface area contributed by atoms with Gasteiger partial charge in [-0.05, 0) is 26.7 Å². The van der Waals surface area contributed by atoms with Gasteiger partial charge in [0.15, 0.2) is 5.34 Å². The van der Waals surface area contributed by atoms with Crippen LogP contribution in [0, 0.1) is 0 Å². The molecule has 1 saturated heterocycles. The second-order valence-corrected chi connectivity index (χ2v) is 10.8. The van der Waals surface area contributed by atoms with Gasteiger partial charge in [-0.25, -0.2) is 4.79 Å². The van der Waals surface area contributed by atoms with Crippen LogP contribution in [0.2, 0.25) is 0 Å². The maximum absolute atomic E-state index is 12.7. The molecule has 0 spiro atoms. The Morgan fingerprint density at radius 3 is 2.26 bits per heavy atom. The van der Waals surface area contributed by atoms with Crippen LogP contribution in [0.5, 0.6) is 0 Å². The molecule has 12 heteroatoms. The van der Waals surface area contributed by atoms with Gasteiger partial charge >= 0.3 is 13.3 Å². The largest absolute Gasteiger partial charge is 0.388 e. The Balaban J connectivity index is 2.32. The molecule has 0 bridgehead atoms. The molecule has 0 aromatic carbocycles. The molecular weight excluding hydrogens is 431 g/mol. The van der Waals surface area contributed by atoms with Crippen molar-refractivity contribution in [3.63, 3.8) is 0 Å². The van der Waals surface area contributed by atoms with Crippen LogP contribution in [0.4, 0.5) is 0 Å². The smallest absolute Gasteiger partial charge is 0.359 e. The number of ether oxygens (including phenoxy) is 1. The van der Waals surface area contributed by atoms with E-state index >= 15 is 0 Å². The lowest BCUT2D eigenvalue weighted by molar-refractivity contribution is -0.0534. The molecule has 0 aliphatic carbocycles. The fraction of sp³-hybridized carbons (Fsp3) is 0.789. The minimum atomic E-state index is -4.46. The van der Waals surface area contributed by atoms with Gasteiger partial charge in [-0.2, -0.15) is 0 Å². The molecule has 1 aliphatic heterocycles. The molecule has 31 heavy (non-hydrogen) atoms. The fourth-order valence-electron chi connectivity index (χ4n) is 3.47. The third kappa shape index (κ3) is 4.88. The molecule has 0 amide bonds. The van der Waals surface area contributed by atoms with Crippen LogP contribution in [0.15, 0.2) is 15.8 Å². The number of hydrogen-bond donors (Lipinski definition) is 4. The van der Waals surface area contributed by atoms with Crippen molar-refractivity contribution in [2.24, 2.45) is 14.1 Å². The quantitative estimate of drug-likeness (QED) is 0.392. The molecule has 0 radical (unpaired) electrons. The summed E-state index contributed by atoms with van der Waals surface area (Å²) in [6.07, 6.45) is -3.71. The second-order valence-electron chi connectivity index (χ2n) is 8.61. The predicted molar refractivity (Wildman–Crippen MR) is 112 cm³/mol. The molecule has 178 valence electrons. The monoisotopic (exact) mass is 464 g/mol. The van der Waals surface area contributed by atoms with Crippen molar-refractivity contribution >= 4 is 7.60 Å². The van der Waals surface area contributed by atoms with Crippen LogP contribution in [0.3, 0.4) is 0 Å². The molecule has 11 nitrogen and oxygen atoms in total. The maximum Gasteiger partial charge on any atom is 0.359 e. The molecule has 4 N–H and O–H groups in total. The van der Waals surface area contributed by atoms with Crippen LogP contribution >= 0.6 is 7.60 Å². The first kappa shape index (κ1) is 25.9. The number of aliphatic hydroxyl groups excluding tert-OH is 2. The zero-order valence-corrected chi connectivity index (χ0v) is 19.6. The molecule has 1 aliphatic rings. The lowest BCUT2D eigenvalue weighted by atomic mass is 9.92. The van der Waals surface area contributed by atoms with Gasteiger partial charge in [0.2, 0.25) is 0 Å². The number of nitrogens with zero attached hydrogens (tertiary/aromatic N) is 2. The summed E-state index contributed by atoms with van der Waals surface area (Å²) in [6.45, 7) is 6.01. The zero-order valence-electron chi connectivity index (χ0n) is 18.7. The number of aliphatic hydroxyl groups is 3. The molecule has 1 fully saturated rings. The first-order chi connectivity index (χ1) is 14.1. The van der Waals surface area contributed by atoms with Gasteiger partial charge in [-0.1, -0.05) is 13.8 Å². The van der Waals surface area contributed by atoms with Gasteiger partial charge in [0.1, 0.15) is 18.3 Å². The Hall–Kier alpha value is -1.33. The van der Waals surface area contributed by atoms with Crippen LogP contribution in [0.25, 0.3) is 0 Å². The SMILES string of the molecule is CCC(C)(C[C@H]1O[C@@H](c2cn(C)c(=O)n(C)c2=O)[C@H](O)[C@@H]1O)OP(=O)(O)C(C)(O)CC. The van der Waals surface area contributed by atoms with E-state index in [1.165, 1.54) is 31.8 Å². The van der Waals surface area contributed by atoms with Crippen molar-refractivity contribution in [1.82, 2.24) is 9.13 Å². The number of hydrogen-bond acceptors (Lipinski definition) is 8. The minimum absolute atomic E-state index is 0.000448. The van der Waals surface area contributed by atoms with E-state index in [4.69, 9.17) is 9.26 Å². The van der Waals surface area contributed by atoms with Gasteiger partial charge in [0, 0.05) is 26.7 Å². The summed E-state index contributed by atoms with van der Waals surface area (Å²) >= 11 is 0. The Labute approximate surface area is 180 Å². The molecule has 7 atom stereocenters. The van der Waals surface area contributed by atoms with E-state index in [1.54, 1.807) is 20.8 Å². The first-order valence-corrected chi connectivity index (χ1v) is 11.7. The average molecular weight is 464 g/mol. The van der Waals surface area contributed by atoms with E-state index in [0.717, 1.165) is 4.57 Å². The number of aromatic nitrogens is 2. The Morgan fingerprint density at radius 1 is 1.16 bits per heavy atom. The second kappa shape index (κ2) is 8.90. The van der Waals surface area contributed by atoms with E-state index in [-0.39, 0.29) is 24.8 Å². The van der Waals surface area contributed by atoms with Crippen LogP contribution < -0.4 is 11.2 Å². The normalized spacial score (nSPS) is 29.9. The highest BCUT2D eigenvalue weighted by Gasteiger charge is 2.51. The van der Waals surface area contributed by atoms with E-state index in [1.807, 2.05) is 0 Å². The van der Waals surface area contributed by atoms with Crippen molar-refractivity contribution in [2.75, 3.05) is 0 Å². The molecule has 3 unspecified atom stereocenters. The molecule has 1 aromatic heterocycles. The van der Waals surface area contributed by atoms with E-state index in [2.05, 4.69) is 0 Å². The summed E-state index contributed by atoms with van der Waals surface area (Å²) < 4.78 is 25.9. The fourth-order valence-corrected chi connectivity index (χ4v) is 4.87. The molecular formula is C19H33N2O9P. The molecule has 2 heterocycles. The summed E-state index contributed by atoms with van der Waals surface area (Å²) in [5, 5.41) is 29.4. The summed E-state index contributed by atoms with van der Waals surface area (Å²) in [5.41, 5.74) is -2.49. The average Bonchev–Trinajstić information content (AvgIpc) is 2.96. The van der Waals surface area contributed by atoms with Gasteiger partial charge < -0.3 is 34.0 Å². The van der Waals surface area contributed by atoms with Crippen molar-refractivity contribution in [1.29, 1.82) is 0 Å². The summed E-state index contributed by atoms with van der Waals surface area (Å²) in [7, 11) is -1.72. The van der Waals surface area contributed by atoms with Crippen molar-refractivity contribution in [3.05, 3.63) is 32.6 Å². The molecule has 2 rings (SSSR count). The highest BCUT2D eigenvalue weighted by atomic mass is 31.2. The topological polar surface area (TPSA) is 160 Å². The summed E-state index contributed by atoms with van der Waals surface area (Å²) in [5.74, 6) is 0. The van der Waals surface area contributed by atoms with E-state index in [0.29, 0.717) is 0 Å². The van der Waals surface area contributed by atoms with Gasteiger partial charge in [-0.3, -0.25) is 13.9 Å². The van der Waals surface area contributed by atoms with E-state index in [9.17, 15) is 34.4 Å². The highest BCUT2D eigenvalue weighted by Crippen LogP contribution is 2.59. The van der Waals surface area contributed by atoms with Crippen molar-refractivity contribution < 1.29 is 34.0 Å². The zero-order chi connectivity index (χ0) is 23.9. The Morgan fingerprint density at radius 2 is 1.74 bits per heavy atom. The molecule has 1 aromatic rings. The molecule has 0 saturated carbocycles. The van der Waals surface area contributed by atoms with Crippen LogP contribution in [-0.2, 0) is 27.9 Å². The van der Waals surface area contributed by atoms with Crippen LogP contribution in [0.1, 0.15) is 58.6 Å². The van der Waals surface area contributed by atoms with Crippen molar-refractivity contribution in [2.45, 2.75) is 82.3 Å². The third-order valence-corrected chi connectivity index (χ3v) is 8.37. The predicted octanol–water partition coefficient (Wildman–Crippen LogP) is 0.125. The van der Waals surface area contributed by atoms with Gasteiger partial charge in [0.05, 0.1) is 17.3 Å². The Bertz CT molecular complexity index is 972.